The van der Waals surface area contributed by atoms with Gasteiger partial charge in [0.05, 0.1) is 0 Å². The molecule has 0 bridgehead atoms. The molecule has 0 N–H and O–H groups in total. The molecule has 0 saturated heterocycles. The molecule has 1 unspecified atom stereocenters. The van der Waals surface area contributed by atoms with E-state index in [9.17, 15) is 0 Å². The first kappa shape index (κ1) is 14.4. The first-order valence-corrected chi connectivity index (χ1v) is 2.78. The van der Waals surface area contributed by atoms with Crippen LogP contribution in [0.1, 0.15) is 0 Å². The summed E-state index contributed by atoms with van der Waals surface area (Å²) in [6.45, 7) is 0. The van der Waals surface area contributed by atoms with Crippen molar-refractivity contribution in [3.8, 4) is 0 Å². The normalized spacial score (nSPS) is 6.78. The van der Waals surface area contributed by atoms with E-state index in [0.717, 1.165) is 0 Å². The van der Waals surface area contributed by atoms with E-state index in [-0.39, 0.29) is 103 Å². The van der Waals surface area contributed by atoms with Gasteiger partial charge in [0.25, 0.3) is 0 Å². The summed E-state index contributed by atoms with van der Waals surface area (Å²) in [5.41, 5.74) is 0. The molecule has 0 amide bonds. The maximum absolute atomic E-state index is 2.63. The molecule has 0 spiro atoms. The molecule has 9 heavy (non-hydrogen) atoms. The first-order chi connectivity index (χ1) is 3.39. The van der Waals surface area contributed by atoms with Gasteiger partial charge < -0.3 is 0 Å². The molecule has 0 aromatic heterocycles. The van der Waals surface area contributed by atoms with Crippen molar-refractivity contribution >= 4 is 117 Å². The Morgan fingerprint density at radius 3 is 1.56 bits per heavy atom. The van der Waals surface area contributed by atoms with Gasteiger partial charge in [0.15, 0.2) is 0 Å². The van der Waals surface area contributed by atoms with Crippen molar-refractivity contribution in [3.63, 3.8) is 0 Å². The quantitative estimate of drug-likeness (QED) is 0.395. The van der Waals surface area contributed by atoms with Crippen molar-refractivity contribution in [2.24, 2.45) is 0 Å². The Bertz CT molecular complexity index is 141. The molecule has 0 nitrogen and oxygen atoms in total. The standard InChI is InChI=1S/C6H7P.2K.2H/c7-6-4-2-1-3-5-6;;;;/h1-5H,7H2;;;;. The summed E-state index contributed by atoms with van der Waals surface area (Å²) in [5.74, 6) is 0. The Morgan fingerprint density at radius 1 is 0.889 bits per heavy atom. The monoisotopic (exact) mass is 190 g/mol. The summed E-state index contributed by atoms with van der Waals surface area (Å²) in [6, 6.07) is 10.1. The SMILES string of the molecule is Pc1ccccc1.[KH].[KH]. The summed E-state index contributed by atoms with van der Waals surface area (Å²) in [5, 5.41) is 1.24. The van der Waals surface area contributed by atoms with Gasteiger partial charge in [-0.25, -0.2) is 0 Å². The molecule has 0 saturated carbocycles. The van der Waals surface area contributed by atoms with Crippen molar-refractivity contribution in [2.75, 3.05) is 0 Å². The predicted molar refractivity (Wildman–Crippen MR) is 50.1 cm³/mol. The molecule has 0 aliphatic heterocycles. The van der Waals surface area contributed by atoms with Gasteiger partial charge in [0.1, 0.15) is 0 Å². The van der Waals surface area contributed by atoms with E-state index < -0.39 is 0 Å². The average Bonchev–Trinajstić information content (AvgIpc) is 1.69. The van der Waals surface area contributed by atoms with Crippen LogP contribution in [0.5, 0.6) is 0 Å². The zero-order valence-electron chi connectivity index (χ0n) is 3.96. The molecule has 40 valence electrons. The van der Waals surface area contributed by atoms with Crippen LogP contribution in [0.15, 0.2) is 30.3 Å². The molecule has 1 aromatic carbocycles. The molecule has 0 aliphatic carbocycles. The van der Waals surface area contributed by atoms with Gasteiger partial charge in [-0.2, -0.15) is 0 Å². The van der Waals surface area contributed by atoms with Crippen molar-refractivity contribution in [1.82, 2.24) is 0 Å². The summed E-state index contributed by atoms with van der Waals surface area (Å²) < 4.78 is 0. The third-order valence-corrected chi connectivity index (χ3v) is 1.18. The van der Waals surface area contributed by atoms with Crippen molar-refractivity contribution < 1.29 is 0 Å². The fraction of sp³-hybridized carbons (Fsp3) is 0. The third kappa shape index (κ3) is 7.29. The van der Waals surface area contributed by atoms with E-state index in [2.05, 4.69) is 9.24 Å². The van der Waals surface area contributed by atoms with E-state index in [0.29, 0.717) is 0 Å². The average molecular weight is 190 g/mol. The summed E-state index contributed by atoms with van der Waals surface area (Å²) in [6.07, 6.45) is 0. The molecule has 0 radical (unpaired) electrons. The van der Waals surface area contributed by atoms with Gasteiger partial charge in [-0.1, -0.05) is 30.3 Å². The molecule has 3 heteroatoms. The molecule has 1 atom stereocenters. The molecular formula is C6H9K2P. The molecule has 0 heterocycles. The molecule has 1 rings (SSSR count). The Labute approximate surface area is 144 Å². The zero-order chi connectivity index (χ0) is 5.11. The number of hydrogen-bond acceptors (Lipinski definition) is 0. The van der Waals surface area contributed by atoms with Crippen LogP contribution in [-0.4, -0.2) is 103 Å². The van der Waals surface area contributed by atoms with E-state index >= 15 is 0 Å². The zero-order valence-corrected chi connectivity index (χ0v) is 5.12. The van der Waals surface area contributed by atoms with Gasteiger partial charge in [0.2, 0.25) is 0 Å². The molecule has 0 aliphatic rings. The van der Waals surface area contributed by atoms with E-state index in [1.807, 2.05) is 30.3 Å². The summed E-state index contributed by atoms with van der Waals surface area (Å²) in [7, 11) is 2.63. The molecular weight excluding hydrogens is 181 g/mol. The van der Waals surface area contributed by atoms with Crippen LogP contribution in [0, 0.1) is 0 Å². The van der Waals surface area contributed by atoms with Crippen molar-refractivity contribution in [1.29, 1.82) is 0 Å². The number of rotatable bonds is 0. The Hall–Kier alpha value is 2.92. The van der Waals surface area contributed by atoms with Crippen molar-refractivity contribution in [3.05, 3.63) is 30.3 Å². The fourth-order valence-corrected chi connectivity index (χ4v) is 0.675. The van der Waals surface area contributed by atoms with Crippen LogP contribution in [0.3, 0.4) is 0 Å². The third-order valence-electron chi connectivity index (χ3n) is 0.800. The van der Waals surface area contributed by atoms with Crippen LogP contribution < -0.4 is 5.30 Å². The minimum absolute atomic E-state index is 0. The second-order valence-corrected chi connectivity index (χ2v) is 2.08. The van der Waals surface area contributed by atoms with Gasteiger partial charge in [-0.3, -0.25) is 0 Å². The van der Waals surface area contributed by atoms with Crippen LogP contribution in [0.4, 0.5) is 0 Å². The van der Waals surface area contributed by atoms with E-state index in [1.54, 1.807) is 0 Å². The molecule has 0 fully saturated rings. The van der Waals surface area contributed by atoms with E-state index in [4.69, 9.17) is 0 Å². The fourth-order valence-electron chi connectivity index (χ4n) is 0.453. The predicted octanol–water partition coefficient (Wildman–Crippen LogP) is -0.110. The Morgan fingerprint density at radius 2 is 1.33 bits per heavy atom. The van der Waals surface area contributed by atoms with Crippen LogP contribution in [0.25, 0.3) is 0 Å². The van der Waals surface area contributed by atoms with E-state index in [1.165, 1.54) is 5.30 Å². The molecule has 1 aromatic rings. The summed E-state index contributed by atoms with van der Waals surface area (Å²) >= 11 is 0. The maximum atomic E-state index is 2.63. The second kappa shape index (κ2) is 9.01. The second-order valence-electron chi connectivity index (χ2n) is 1.41. The number of hydrogen-bond donors (Lipinski definition) is 0. The summed E-state index contributed by atoms with van der Waals surface area (Å²) in [4.78, 5) is 0. The Balaban J connectivity index is 0. The first-order valence-electron chi connectivity index (χ1n) is 2.20. The van der Waals surface area contributed by atoms with Gasteiger partial charge in [-0.15, -0.1) is 9.24 Å². The van der Waals surface area contributed by atoms with Crippen LogP contribution in [-0.2, 0) is 0 Å². The van der Waals surface area contributed by atoms with Gasteiger partial charge >= 0.3 is 103 Å². The van der Waals surface area contributed by atoms with Crippen molar-refractivity contribution in [2.45, 2.75) is 0 Å². The van der Waals surface area contributed by atoms with Crippen LogP contribution >= 0.6 is 9.24 Å². The number of benzene rings is 1. The minimum atomic E-state index is 0. The topological polar surface area (TPSA) is 0 Å². The van der Waals surface area contributed by atoms with Crippen LogP contribution in [0.2, 0.25) is 0 Å². The van der Waals surface area contributed by atoms with Gasteiger partial charge in [-0.05, 0) is 5.30 Å². The Kier molecular flexibility index (Phi) is 14.5. The van der Waals surface area contributed by atoms with Gasteiger partial charge in [0, 0.05) is 0 Å².